The fourth-order valence-corrected chi connectivity index (χ4v) is 1.65. The molecule has 0 aliphatic heterocycles. The van der Waals surface area contributed by atoms with Crippen molar-refractivity contribution in [1.29, 1.82) is 0 Å². The SMILES string of the molecule is CC(CNC(=O)OCCOC(=O)/C=C\C(=O)O)c1ccccc1. The van der Waals surface area contributed by atoms with Gasteiger partial charge in [-0.2, -0.15) is 0 Å². The number of esters is 1. The number of hydrogen-bond acceptors (Lipinski definition) is 5. The van der Waals surface area contributed by atoms with E-state index in [9.17, 15) is 14.4 Å². The zero-order valence-electron chi connectivity index (χ0n) is 12.7. The van der Waals surface area contributed by atoms with Crippen molar-refractivity contribution in [2.24, 2.45) is 0 Å². The number of carbonyl (C=O) groups excluding carboxylic acids is 2. The molecule has 1 aromatic rings. The van der Waals surface area contributed by atoms with E-state index in [1.165, 1.54) is 0 Å². The molecular formula is C16H19NO6. The molecule has 1 rings (SSSR count). The highest BCUT2D eigenvalue weighted by Crippen LogP contribution is 2.12. The summed E-state index contributed by atoms with van der Waals surface area (Å²) in [4.78, 5) is 32.7. The average molecular weight is 321 g/mol. The molecule has 2 N–H and O–H groups in total. The largest absolute Gasteiger partial charge is 0.478 e. The van der Waals surface area contributed by atoms with Crippen molar-refractivity contribution in [3.63, 3.8) is 0 Å². The minimum atomic E-state index is -1.25. The first-order valence-electron chi connectivity index (χ1n) is 7.02. The molecule has 23 heavy (non-hydrogen) atoms. The van der Waals surface area contributed by atoms with E-state index in [-0.39, 0.29) is 19.1 Å². The van der Waals surface area contributed by atoms with Crippen molar-refractivity contribution in [3.8, 4) is 0 Å². The van der Waals surface area contributed by atoms with E-state index >= 15 is 0 Å². The smallest absolute Gasteiger partial charge is 0.407 e. The van der Waals surface area contributed by atoms with Crippen molar-refractivity contribution < 1.29 is 29.0 Å². The molecule has 0 bridgehead atoms. The Morgan fingerprint density at radius 1 is 1.13 bits per heavy atom. The Morgan fingerprint density at radius 2 is 1.78 bits per heavy atom. The number of carbonyl (C=O) groups is 3. The molecule has 1 atom stereocenters. The summed E-state index contributed by atoms with van der Waals surface area (Å²) in [7, 11) is 0. The third-order valence-electron chi connectivity index (χ3n) is 2.84. The standard InChI is InChI=1S/C16H19NO6/c1-12(13-5-3-2-4-6-13)11-17-16(21)23-10-9-22-15(20)8-7-14(18)19/h2-8,12H,9-11H2,1H3,(H,17,21)(H,18,19)/b8-7-. The Labute approximate surface area is 133 Å². The number of amides is 1. The molecule has 0 aromatic heterocycles. The lowest BCUT2D eigenvalue weighted by Gasteiger charge is -2.13. The van der Waals surface area contributed by atoms with Gasteiger partial charge in [-0.05, 0) is 11.5 Å². The van der Waals surface area contributed by atoms with Crippen LogP contribution in [0, 0.1) is 0 Å². The predicted octanol–water partition coefficient (Wildman–Crippen LogP) is 1.70. The van der Waals surface area contributed by atoms with Gasteiger partial charge in [-0.25, -0.2) is 14.4 Å². The lowest BCUT2D eigenvalue weighted by atomic mass is 10.0. The van der Waals surface area contributed by atoms with E-state index < -0.39 is 18.0 Å². The Kier molecular flexibility index (Phi) is 7.91. The quantitative estimate of drug-likeness (QED) is 0.429. The maximum atomic E-state index is 11.5. The highest BCUT2D eigenvalue weighted by molar-refractivity contribution is 5.90. The van der Waals surface area contributed by atoms with Gasteiger partial charge in [0.05, 0.1) is 0 Å². The van der Waals surface area contributed by atoms with Crippen LogP contribution in [0.3, 0.4) is 0 Å². The molecule has 7 heteroatoms. The molecule has 0 spiro atoms. The molecular weight excluding hydrogens is 302 g/mol. The number of alkyl carbamates (subject to hydrolysis) is 1. The Bertz CT molecular complexity index is 555. The zero-order chi connectivity index (χ0) is 17.1. The third kappa shape index (κ3) is 8.25. The zero-order valence-corrected chi connectivity index (χ0v) is 12.7. The summed E-state index contributed by atoms with van der Waals surface area (Å²) in [5, 5.41) is 10.9. The van der Waals surface area contributed by atoms with Gasteiger partial charge in [-0.15, -0.1) is 0 Å². The minimum Gasteiger partial charge on any atom is -0.478 e. The van der Waals surface area contributed by atoms with Gasteiger partial charge in [-0.1, -0.05) is 37.3 Å². The number of carboxylic acid groups (broad SMARTS) is 1. The molecule has 0 heterocycles. The van der Waals surface area contributed by atoms with Crippen molar-refractivity contribution in [2.45, 2.75) is 12.8 Å². The van der Waals surface area contributed by atoms with Gasteiger partial charge in [0.1, 0.15) is 13.2 Å². The summed E-state index contributed by atoms with van der Waals surface area (Å²) in [6, 6.07) is 9.73. The summed E-state index contributed by atoms with van der Waals surface area (Å²) in [5.74, 6) is -1.91. The monoisotopic (exact) mass is 321 g/mol. The van der Waals surface area contributed by atoms with Crippen LogP contribution in [0.15, 0.2) is 42.5 Å². The number of nitrogens with one attached hydrogen (secondary N) is 1. The second-order valence-corrected chi connectivity index (χ2v) is 4.67. The number of aliphatic carboxylic acids is 1. The molecule has 0 saturated heterocycles. The molecule has 0 aliphatic rings. The van der Waals surface area contributed by atoms with E-state index in [0.717, 1.165) is 11.6 Å². The minimum absolute atomic E-state index is 0.113. The normalized spacial score (nSPS) is 11.7. The third-order valence-corrected chi connectivity index (χ3v) is 2.84. The van der Waals surface area contributed by atoms with Gasteiger partial charge in [0, 0.05) is 18.7 Å². The highest BCUT2D eigenvalue weighted by atomic mass is 16.6. The van der Waals surface area contributed by atoms with Crippen LogP contribution in [0.25, 0.3) is 0 Å². The van der Waals surface area contributed by atoms with Crippen LogP contribution in [0.2, 0.25) is 0 Å². The summed E-state index contributed by atoms with van der Waals surface area (Å²) in [6.07, 6.45) is 0.843. The van der Waals surface area contributed by atoms with Crippen LogP contribution in [0.5, 0.6) is 0 Å². The van der Waals surface area contributed by atoms with Crippen LogP contribution < -0.4 is 5.32 Å². The van der Waals surface area contributed by atoms with Crippen molar-refractivity contribution in [3.05, 3.63) is 48.0 Å². The number of benzene rings is 1. The van der Waals surface area contributed by atoms with Gasteiger partial charge < -0.3 is 19.9 Å². The summed E-state index contributed by atoms with van der Waals surface area (Å²) < 4.78 is 9.48. The molecule has 1 aromatic carbocycles. The van der Waals surface area contributed by atoms with Crippen LogP contribution in [0.1, 0.15) is 18.4 Å². The predicted molar refractivity (Wildman–Crippen MR) is 81.9 cm³/mol. The molecule has 7 nitrogen and oxygen atoms in total. The number of rotatable bonds is 8. The fourth-order valence-electron chi connectivity index (χ4n) is 1.65. The molecule has 1 amide bonds. The average Bonchev–Trinajstić information content (AvgIpc) is 2.55. The van der Waals surface area contributed by atoms with Gasteiger partial charge in [0.15, 0.2) is 0 Å². The van der Waals surface area contributed by atoms with Crippen molar-refractivity contribution in [2.75, 3.05) is 19.8 Å². The molecule has 1 unspecified atom stereocenters. The Hall–Kier alpha value is -2.83. The molecule has 0 aliphatic carbocycles. The molecule has 124 valence electrons. The maximum Gasteiger partial charge on any atom is 0.407 e. The lowest BCUT2D eigenvalue weighted by Crippen LogP contribution is -2.29. The topological polar surface area (TPSA) is 102 Å². The maximum absolute atomic E-state index is 11.5. The fraction of sp³-hybridized carbons (Fsp3) is 0.312. The van der Waals surface area contributed by atoms with Gasteiger partial charge in [-0.3, -0.25) is 0 Å². The molecule has 0 radical (unpaired) electrons. The summed E-state index contributed by atoms with van der Waals surface area (Å²) >= 11 is 0. The first-order chi connectivity index (χ1) is 11.0. The summed E-state index contributed by atoms with van der Waals surface area (Å²) in [6.45, 7) is 2.14. The highest BCUT2D eigenvalue weighted by Gasteiger charge is 2.08. The molecule has 0 saturated carbocycles. The Morgan fingerprint density at radius 3 is 2.43 bits per heavy atom. The van der Waals surface area contributed by atoms with Crippen LogP contribution >= 0.6 is 0 Å². The number of ether oxygens (including phenoxy) is 2. The van der Waals surface area contributed by atoms with Crippen molar-refractivity contribution in [1.82, 2.24) is 5.32 Å². The summed E-state index contributed by atoms with van der Waals surface area (Å²) in [5.41, 5.74) is 1.10. The van der Waals surface area contributed by atoms with E-state index in [1.54, 1.807) is 0 Å². The van der Waals surface area contributed by atoms with Crippen LogP contribution in [-0.4, -0.2) is 42.9 Å². The van der Waals surface area contributed by atoms with Gasteiger partial charge >= 0.3 is 18.0 Å². The van der Waals surface area contributed by atoms with E-state index in [2.05, 4.69) is 10.1 Å². The molecule has 0 fully saturated rings. The second kappa shape index (κ2) is 9.99. The first-order valence-corrected chi connectivity index (χ1v) is 7.02. The number of carboxylic acids is 1. The van der Waals surface area contributed by atoms with Gasteiger partial charge in [0.25, 0.3) is 0 Å². The van der Waals surface area contributed by atoms with Crippen LogP contribution in [-0.2, 0) is 19.1 Å². The van der Waals surface area contributed by atoms with E-state index in [1.807, 2.05) is 37.3 Å². The van der Waals surface area contributed by atoms with Gasteiger partial charge in [0.2, 0.25) is 0 Å². The van der Waals surface area contributed by atoms with Crippen LogP contribution in [0.4, 0.5) is 4.79 Å². The van der Waals surface area contributed by atoms with Crippen molar-refractivity contribution >= 4 is 18.0 Å². The lowest BCUT2D eigenvalue weighted by molar-refractivity contribution is -0.139. The van der Waals surface area contributed by atoms with E-state index in [4.69, 9.17) is 9.84 Å². The number of hydrogen-bond donors (Lipinski definition) is 2. The first kappa shape index (κ1) is 18.2. The Balaban J connectivity index is 2.15. The van der Waals surface area contributed by atoms with E-state index in [0.29, 0.717) is 12.6 Å². The second-order valence-electron chi connectivity index (χ2n) is 4.67.